The molecule has 2 amide bonds. The lowest BCUT2D eigenvalue weighted by Gasteiger charge is -2.36. The number of halogens is 1. The van der Waals surface area contributed by atoms with Gasteiger partial charge in [0, 0.05) is 69.5 Å². The van der Waals surface area contributed by atoms with Crippen LogP contribution in [0.5, 0.6) is 0 Å². The Bertz CT molecular complexity index is 761. The molecule has 0 bridgehead atoms. The number of carbonyl (C=O) groups is 2. The van der Waals surface area contributed by atoms with Crippen molar-refractivity contribution in [1.82, 2.24) is 20.4 Å². The molecule has 164 valence electrons. The first-order valence-electron chi connectivity index (χ1n) is 10.5. The summed E-state index contributed by atoms with van der Waals surface area (Å²) in [7, 11) is 1.69. The summed E-state index contributed by atoms with van der Waals surface area (Å²) in [5.74, 6) is 0.831. The Morgan fingerprint density at radius 1 is 1.07 bits per heavy atom. The van der Waals surface area contributed by atoms with Crippen molar-refractivity contribution in [3.8, 4) is 0 Å². The third-order valence-electron chi connectivity index (χ3n) is 5.64. The minimum atomic E-state index is 0.0583. The fourth-order valence-electron chi connectivity index (χ4n) is 3.85. The number of hydrogen-bond donors (Lipinski definition) is 2. The maximum atomic E-state index is 12.6. The van der Waals surface area contributed by atoms with Crippen molar-refractivity contribution in [3.05, 3.63) is 29.3 Å². The number of likely N-dealkylation sites (tertiary alicyclic amines) is 1. The van der Waals surface area contributed by atoms with E-state index in [9.17, 15) is 9.59 Å². The number of nitrogens with zero attached hydrogens (tertiary/aromatic N) is 4. The molecule has 3 rings (SSSR count). The third-order valence-corrected chi connectivity index (χ3v) is 5.89. The van der Waals surface area contributed by atoms with Gasteiger partial charge in [0.2, 0.25) is 11.8 Å². The molecule has 0 aromatic heterocycles. The Kier molecular flexibility index (Phi) is 7.79. The number of anilines is 1. The van der Waals surface area contributed by atoms with Crippen molar-refractivity contribution in [2.75, 3.05) is 57.8 Å². The van der Waals surface area contributed by atoms with Crippen LogP contribution in [0.2, 0.25) is 5.02 Å². The van der Waals surface area contributed by atoms with Gasteiger partial charge in [-0.2, -0.15) is 0 Å². The molecule has 0 radical (unpaired) electrons. The van der Waals surface area contributed by atoms with Gasteiger partial charge in [0.15, 0.2) is 5.96 Å². The summed E-state index contributed by atoms with van der Waals surface area (Å²) < 4.78 is 0. The number of rotatable bonds is 5. The second-order valence-corrected chi connectivity index (χ2v) is 8.03. The predicted molar refractivity (Wildman–Crippen MR) is 120 cm³/mol. The van der Waals surface area contributed by atoms with Gasteiger partial charge in [-0.3, -0.25) is 14.6 Å². The van der Waals surface area contributed by atoms with Gasteiger partial charge in [0.1, 0.15) is 0 Å². The summed E-state index contributed by atoms with van der Waals surface area (Å²) in [6, 6.07) is 7.95. The van der Waals surface area contributed by atoms with Gasteiger partial charge in [-0.25, -0.2) is 0 Å². The molecule has 2 aliphatic rings. The molecule has 1 unspecified atom stereocenters. The summed E-state index contributed by atoms with van der Waals surface area (Å²) in [5.41, 5.74) is 1.13. The highest BCUT2D eigenvalue weighted by Gasteiger charge is 2.26. The fraction of sp³-hybridized carbons (Fsp3) is 0.571. The molecule has 1 aromatic rings. The van der Waals surface area contributed by atoms with E-state index in [4.69, 9.17) is 11.6 Å². The molecular formula is C21H31ClN6O2. The van der Waals surface area contributed by atoms with Crippen LogP contribution in [-0.4, -0.2) is 86.5 Å². The van der Waals surface area contributed by atoms with Crippen LogP contribution >= 0.6 is 11.6 Å². The molecule has 1 aromatic carbocycles. The first-order chi connectivity index (χ1) is 14.5. The van der Waals surface area contributed by atoms with Crippen LogP contribution in [0.4, 0.5) is 5.69 Å². The van der Waals surface area contributed by atoms with Crippen LogP contribution in [0, 0.1) is 0 Å². The highest BCUT2D eigenvalue weighted by atomic mass is 35.5. The third kappa shape index (κ3) is 5.78. The van der Waals surface area contributed by atoms with Crippen molar-refractivity contribution in [2.45, 2.75) is 25.8 Å². The van der Waals surface area contributed by atoms with E-state index in [2.05, 4.69) is 20.5 Å². The molecule has 0 aliphatic carbocycles. The summed E-state index contributed by atoms with van der Waals surface area (Å²) >= 11 is 5.96. The number of amides is 2. The molecular weight excluding hydrogens is 404 g/mol. The zero-order valence-electron chi connectivity index (χ0n) is 17.7. The van der Waals surface area contributed by atoms with Crippen LogP contribution < -0.4 is 15.5 Å². The molecule has 2 fully saturated rings. The normalized spacial score (nSPS) is 19.8. The van der Waals surface area contributed by atoms with E-state index in [0.29, 0.717) is 32.0 Å². The summed E-state index contributed by atoms with van der Waals surface area (Å²) in [6.45, 7) is 6.48. The first-order valence-corrected chi connectivity index (χ1v) is 10.9. The lowest BCUT2D eigenvalue weighted by Crippen LogP contribution is -2.53. The van der Waals surface area contributed by atoms with Crippen molar-refractivity contribution >= 4 is 35.1 Å². The second kappa shape index (κ2) is 10.5. The van der Waals surface area contributed by atoms with E-state index in [1.807, 2.05) is 41.0 Å². The molecule has 0 saturated carbocycles. The van der Waals surface area contributed by atoms with Gasteiger partial charge in [-0.15, -0.1) is 0 Å². The molecule has 1 atom stereocenters. The van der Waals surface area contributed by atoms with Gasteiger partial charge in [0.05, 0.1) is 6.54 Å². The van der Waals surface area contributed by atoms with Crippen LogP contribution in [0.15, 0.2) is 29.3 Å². The molecule has 0 spiro atoms. The average molecular weight is 435 g/mol. The number of nitrogens with one attached hydrogen (secondary N) is 2. The van der Waals surface area contributed by atoms with E-state index in [1.54, 1.807) is 7.05 Å². The van der Waals surface area contributed by atoms with Gasteiger partial charge >= 0.3 is 0 Å². The molecule has 9 heteroatoms. The molecule has 2 saturated heterocycles. The van der Waals surface area contributed by atoms with Gasteiger partial charge in [-0.05, 0) is 30.7 Å². The van der Waals surface area contributed by atoms with Gasteiger partial charge in [0.25, 0.3) is 0 Å². The summed E-state index contributed by atoms with van der Waals surface area (Å²) in [6.07, 6.45) is 1.41. The van der Waals surface area contributed by atoms with E-state index in [-0.39, 0.29) is 24.4 Å². The number of aliphatic imine (C=N–C) groups is 1. The highest BCUT2D eigenvalue weighted by molar-refractivity contribution is 6.30. The molecule has 2 aliphatic heterocycles. The van der Waals surface area contributed by atoms with Crippen molar-refractivity contribution in [1.29, 1.82) is 0 Å². The van der Waals surface area contributed by atoms with Crippen LogP contribution in [0.1, 0.15) is 19.8 Å². The first kappa shape index (κ1) is 22.2. The van der Waals surface area contributed by atoms with E-state index in [0.717, 1.165) is 36.8 Å². The number of piperazine rings is 1. The highest BCUT2D eigenvalue weighted by Crippen LogP contribution is 2.19. The quantitative estimate of drug-likeness (QED) is 0.537. The minimum absolute atomic E-state index is 0.0583. The number of benzene rings is 1. The molecule has 2 N–H and O–H groups in total. The van der Waals surface area contributed by atoms with Crippen LogP contribution in [-0.2, 0) is 9.59 Å². The monoisotopic (exact) mass is 434 g/mol. The Labute approximate surface area is 183 Å². The molecule has 30 heavy (non-hydrogen) atoms. The van der Waals surface area contributed by atoms with E-state index < -0.39 is 0 Å². The molecule has 8 nitrogen and oxygen atoms in total. The fourth-order valence-corrected chi connectivity index (χ4v) is 3.98. The van der Waals surface area contributed by atoms with Gasteiger partial charge < -0.3 is 25.3 Å². The molecule has 2 heterocycles. The minimum Gasteiger partial charge on any atom is -0.368 e. The maximum absolute atomic E-state index is 12.6. The van der Waals surface area contributed by atoms with Crippen LogP contribution in [0.25, 0.3) is 0 Å². The zero-order chi connectivity index (χ0) is 21.5. The number of hydrogen-bond acceptors (Lipinski definition) is 4. The van der Waals surface area contributed by atoms with E-state index >= 15 is 0 Å². The van der Waals surface area contributed by atoms with Crippen molar-refractivity contribution in [3.63, 3.8) is 0 Å². The Hall–Kier alpha value is -2.48. The summed E-state index contributed by atoms with van der Waals surface area (Å²) in [5, 5.41) is 7.16. The van der Waals surface area contributed by atoms with Crippen molar-refractivity contribution < 1.29 is 9.59 Å². The summed E-state index contributed by atoms with van der Waals surface area (Å²) in [4.78, 5) is 34.7. The van der Waals surface area contributed by atoms with E-state index in [1.165, 1.54) is 0 Å². The predicted octanol–water partition coefficient (Wildman–Crippen LogP) is 1.16. The largest absolute Gasteiger partial charge is 0.368 e. The Morgan fingerprint density at radius 2 is 1.77 bits per heavy atom. The topological polar surface area (TPSA) is 80.3 Å². The average Bonchev–Trinajstić information content (AvgIpc) is 3.25. The van der Waals surface area contributed by atoms with Gasteiger partial charge in [-0.1, -0.05) is 18.5 Å². The van der Waals surface area contributed by atoms with Crippen molar-refractivity contribution in [2.24, 2.45) is 4.99 Å². The lowest BCUT2D eigenvalue weighted by molar-refractivity contribution is -0.130. The Balaban J connectivity index is 1.40. The standard InChI is InChI=1S/C21H31ClN6O2/c1-3-19(29)28-9-8-17(15-28)25-21(23-2)24-14-20(30)27-12-10-26(11-13-27)18-6-4-16(22)5-7-18/h4-7,17H,3,8-15H2,1-2H3,(H2,23,24,25). The smallest absolute Gasteiger partial charge is 0.242 e. The number of guanidine groups is 1. The Morgan fingerprint density at radius 3 is 2.40 bits per heavy atom. The van der Waals surface area contributed by atoms with Crippen LogP contribution in [0.3, 0.4) is 0 Å². The maximum Gasteiger partial charge on any atom is 0.242 e. The number of carbonyl (C=O) groups excluding carboxylic acids is 2. The second-order valence-electron chi connectivity index (χ2n) is 7.59. The zero-order valence-corrected chi connectivity index (χ0v) is 18.5. The SMILES string of the molecule is CCC(=O)N1CCC(NC(=NC)NCC(=O)N2CCN(c3ccc(Cl)cc3)CC2)C1. The lowest BCUT2D eigenvalue weighted by atomic mass is 10.2.